The molecule has 0 fully saturated rings. The molecule has 12 heteroatoms. The Morgan fingerprint density at radius 1 is 1.18 bits per heavy atom. The first-order valence-electron chi connectivity index (χ1n) is 12.8. The molecule has 0 radical (unpaired) electrons. The minimum atomic E-state index is -4.06. The average molecular weight is 620 g/mol. The van der Waals surface area contributed by atoms with E-state index in [1.165, 1.54) is 0 Å². The van der Waals surface area contributed by atoms with Gasteiger partial charge in [0.15, 0.2) is 6.54 Å². The molecule has 2 N–H and O–H groups in total. The third-order valence-corrected chi connectivity index (χ3v) is 10.6. The molecule has 0 saturated heterocycles. The maximum absolute atomic E-state index is 11.5. The predicted octanol–water partition coefficient (Wildman–Crippen LogP) is 5.94. The minimum Gasteiger partial charge on any atom is -0.497 e. The van der Waals surface area contributed by atoms with E-state index in [4.69, 9.17) is 9.47 Å². The molecule has 0 spiro atoms. The average Bonchev–Trinajstić information content (AvgIpc) is 3.63. The summed E-state index contributed by atoms with van der Waals surface area (Å²) in [5.41, 5.74) is 3.14. The Labute approximate surface area is 245 Å². The fourth-order valence-electron chi connectivity index (χ4n) is 4.79. The van der Waals surface area contributed by atoms with Crippen LogP contribution >= 0.6 is 34.4 Å². The number of allylic oxidation sites excluding steroid dienone is 2. The number of hydrogen-bond acceptors (Lipinski definition) is 9. The second-order valence-electron chi connectivity index (χ2n) is 9.19. The van der Waals surface area contributed by atoms with Crippen LogP contribution in [0.3, 0.4) is 0 Å². The van der Waals surface area contributed by atoms with Gasteiger partial charge in [0, 0.05) is 41.5 Å². The summed E-state index contributed by atoms with van der Waals surface area (Å²) >= 11 is 4.91. The van der Waals surface area contributed by atoms with E-state index in [0.29, 0.717) is 13.1 Å². The zero-order valence-corrected chi connectivity index (χ0v) is 25.7. The molecular formula is C28H31N2O6S4+. The number of aliphatic hydroxyl groups excluding tert-OH is 1. The predicted molar refractivity (Wildman–Crippen MR) is 165 cm³/mol. The summed E-state index contributed by atoms with van der Waals surface area (Å²) in [6.07, 6.45) is 5.36. The van der Waals surface area contributed by atoms with E-state index in [0.717, 1.165) is 64.4 Å². The largest absolute Gasteiger partial charge is 0.497 e. The number of thioether (sulfide) groups is 1. The van der Waals surface area contributed by atoms with Crippen LogP contribution in [-0.4, -0.2) is 51.2 Å². The van der Waals surface area contributed by atoms with Gasteiger partial charge in [-0.25, -0.2) is 0 Å². The van der Waals surface area contributed by atoms with Crippen molar-refractivity contribution in [1.82, 2.24) is 0 Å². The molecule has 0 amide bonds. The maximum atomic E-state index is 11.5. The van der Waals surface area contributed by atoms with Crippen molar-refractivity contribution < 1.29 is 32.1 Å². The van der Waals surface area contributed by atoms with Crippen LogP contribution in [0.1, 0.15) is 24.8 Å². The molecule has 0 bridgehead atoms. The smallest absolute Gasteiger partial charge is 0.265 e. The number of methoxy groups -OCH3 is 2. The molecule has 8 nitrogen and oxygen atoms in total. The number of aromatic nitrogens is 1. The highest BCUT2D eigenvalue weighted by Crippen LogP contribution is 2.48. The van der Waals surface area contributed by atoms with Gasteiger partial charge in [-0.1, -0.05) is 30.0 Å². The topological polar surface area (TPSA) is 100 Å². The summed E-state index contributed by atoms with van der Waals surface area (Å²) in [4.78, 5) is 3.21. The van der Waals surface area contributed by atoms with Gasteiger partial charge in [0.05, 0.1) is 37.3 Å². The van der Waals surface area contributed by atoms with Crippen molar-refractivity contribution in [1.29, 1.82) is 0 Å². The van der Waals surface area contributed by atoms with E-state index in [1.807, 2.05) is 35.7 Å². The Balaban J connectivity index is 1.60. The van der Waals surface area contributed by atoms with Gasteiger partial charge in [0.2, 0.25) is 5.52 Å². The van der Waals surface area contributed by atoms with Gasteiger partial charge in [-0.05, 0) is 41.6 Å². The standard InChI is InChI=1S/C28H30N2O6S4/c1-4-18(14-25-29(10-11-31)21-16-19(35-2)6-7-23(21)38-25)15-26-30(9-5-13-40(32,33)34)27-24(39-26)17-22(36-3)20-8-12-37-28(20)27/h6-8,12,14-17,31H,4-5,9-11,13H2,1-3H3/p+1. The highest BCUT2D eigenvalue weighted by atomic mass is 32.2. The molecule has 1 aliphatic rings. The van der Waals surface area contributed by atoms with Crippen LogP contribution in [0.4, 0.5) is 5.69 Å². The number of anilines is 1. The quantitative estimate of drug-likeness (QED) is 0.157. The van der Waals surface area contributed by atoms with Crippen molar-refractivity contribution in [3.63, 3.8) is 0 Å². The Bertz CT molecular complexity index is 1720. The molecule has 0 aliphatic carbocycles. The summed E-state index contributed by atoms with van der Waals surface area (Å²) in [6, 6.07) is 10.0. The van der Waals surface area contributed by atoms with Gasteiger partial charge >= 0.3 is 0 Å². The number of rotatable bonds is 11. The van der Waals surface area contributed by atoms with Crippen molar-refractivity contribution in [2.24, 2.45) is 0 Å². The number of β-amino-alcohol motifs (C(OH)–C–C–N with tert-alkyl or cyclic N) is 1. The van der Waals surface area contributed by atoms with Crippen molar-refractivity contribution >= 4 is 76.6 Å². The second kappa shape index (κ2) is 12.1. The van der Waals surface area contributed by atoms with Gasteiger partial charge < -0.3 is 19.5 Å². The van der Waals surface area contributed by atoms with Crippen LogP contribution in [0, 0.1) is 0 Å². The van der Waals surface area contributed by atoms with Crippen LogP contribution in [0.15, 0.2) is 57.3 Å². The van der Waals surface area contributed by atoms with Crippen molar-refractivity contribution in [3.8, 4) is 11.5 Å². The fraction of sp³-hybridized carbons (Fsp3) is 0.321. The molecule has 4 aromatic rings. The highest BCUT2D eigenvalue weighted by molar-refractivity contribution is 8.03. The highest BCUT2D eigenvalue weighted by Gasteiger charge is 2.27. The molecule has 0 atom stereocenters. The lowest BCUT2D eigenvalue weighted by atomic mass is 10.2. The number of hydrogen-bond donors (Lipinski definition) is 2. The summed E-state index contributed by atoms with van der Waals surface area (Å²) in [5, 5.41) is 14.9. The zero-order chi connectivity index (χ0) is 28.4. The van der Waals surface area contributed by atoms with Gasteiger partial charge in [-0.15, -0.1) is 11.3 Å². The molecule has 212 valence electrons. The summed E-state index contributed by atoms with van der Waals surface area (Å²) in [7, 11) is -0.753. The van der Waals surface area contributed by atoms with Crippen LogP contribution in [-0.2, 0) is 16.7 Å². The molecule has 2 aromatic heterocycles. The summed E-state index contributed by atoms with van der Waals surface area (Å²) in [5.74, 6) is 1.27. The molecule has 3 heterocycles. The molecular weight excluding hydrogens is 589 g/mol. The Hall–Kier alpha value is -2.61. The van der Waals surface area contributed by atoms with E-state index < -0.39 is 10.1 Å². The first-order valence-corrected chi connectivity index (χ1v) is 16.9. The van der Waals surface area contributed by atoms with E-state index in [1.54, 1.807) is 48.7 Å². The molecule has 0 saturated carbocycles. The minimum absolute atomic E-state index is 0.0163. The number of ether oxygens (including phenoxy) is 2. The summed E-state index contributed by atoms with van der Waals surface area (Å²) in [6.45, 7) is 3.02. The van der Waals surface area contributed by atoms with Crippen molar-refractivity contribution in [3.05, 3.63) is 57.4 Å². The molecule has 0 unspecified atom stereocenters. The van der Waals surface area contributed by atoms with Gasteiger partial charge in [-0.2, -0.15) is 13.0 Å². The third-order valence-electron chi connectivity index (χ3n) is 6.68. The number of nitrogens with zero attached hydrogens (tertiary/aromatic N) is 2. The van der Waals surface area contributed by atoms with E-state index in [2.05, 4.69) is 28.5 Å². The van der Waals surface area contributed by atoms with Crippen LogP contribution in [0.2, 0.25) is 0 Å². The number of benzene rings is 2. The lowest BCUT2D eigenvalue weighted by Crippen LogP contribution is -2.36. The zero-order valence-electron chi connectivity index (χ0n) is 22.4. The Kier molecular flexibility index (Phi) is 8.74. The molecule has 2 aromatic carbocycles. The Morgan fingerprint density at radius 3 is 2.70 bits per heavy atom. The van der Waals surface area contributed by atoms with E-state index >= 15 is 0 Å². The van der Waals surface area contributed by atoms with Gasteiger partial charge in [-0.3, -0.25) is 4.55 Å². The van der Waals surface area contributed by atoms with Crippen LogP contribution < -0.4 is 18.9 Å². The van der Waals surface area contributed by atoms with E-state index in [-0.39, 0.29) is 18.8 Å². The first-order chi connectivity index (χ1) is 19.3. The lowest BCUT2D eigenvalue weighted by molar-refractivity contribution is -0.667. The van der Waals surface area contributed by atoms with E-state index in [9.17, 15) is 18.1 Å². The molecule has 40 heavy (non-hydrogen) atoms. The van der Waals surface area contributed by atoms with Crippen LogP contribution in [0.5, 0.6) is 11.5 Å². The number of aliphatic hydroxyl groups is 1. The fourth-order valence-corrected chi connectivity index (χ4v) is 8.66. The van der Waals surface area contributed by atoms with Crippen LogP contribution in [0.25, 0.3) is 26.4 Å². The Morgan fingerprint density at radius 2 is 2.00 bits per heavy atom. The second-order valence-corrected chi connectivity index (χ2v) is 13.8. The van der Waals surface area contributed by atoms with Gasteiger partial charge in [0.1, 0.15) is 20.9 Å². The number of fused-ring (bicyclic) bond motifs is 4. The first kappa shape index (κ1) is 28.9. The van der Waals surface area contributed by atoms with Crippen molar-refractivity contribution in [2.45, 2.75) is 31.2 Å². The lowest BCUT2D eigenvalue weighted by Gasteiger charge is -2.20. The maximum Gasteiger partial charge on any atom is 0.265 e. The molecule has 1 aliphatic heterocycles. The summed E-state index contributed by atoms with van der Waals surface area (Å²) < 4.78 is 47.7. The number of thiazole rings is 1. The number of aryl methyl sites for hydroxylation is 1. The van der Waals surface area contributed by atoms with Gasteiger partial charge in [0.25, 0.3) is 15.1 Å². The molecule has 5 rings (SSSR count). The monoisotopic (exact) mass is 619 g/mol. The third kappa shape index (κ3) is 5.88. The SMILES string of the molecule is CCC(/C=C1\Sc2ccc(OC)cc2N1CCO)=C\c1sc2cc(OC)c3ccsc3c2[n+]1CCCS(=O)(=O)O. The number of thiophene rings is 1. The normalized spacial score (nSPS) is 15.0. The van der Waals surface area contributed by atoms with Crippen molar-refractivity contribution in [2.75, 3.05) is 38.0 Å².